The van der Waals surface area contributed by atoms with Crippen molar-refractivity contribution in [2.75, 3.05) is 7.11 Å². The molecule has 0 saturated heterocycles. The van der Waals surface area contributed by atoms with Crippen LogP contribution in [0.15, 0.2) is 53.5 Å². The lowest BCUT2D eigenvalue weighted by Crippen LogP contribution is -2.18. The van der Waals surface area contributed by atoms with Crippen molar-refractivity contribution in [2.24, 2.45) is 0 Å². The van der Waals surface area contributed by atoms with Crippen LogP contribution < -0.4 is 10.2 Å². The molecular weight excluding hydrogens is 294 g/mol. The summed E-state index contributed by atoms with van der Waals surface area (Å²) in [5.74, 6) is 0.358. The SMILES string of the molecule is COc1cccc(Cc2c(=O)c(C=O)c(O)n3ccccc23)c1. The van der Waals surface area contributed by atoms with Crippen LogP contribution in [0.5, 0.6) is 11.6 Å². The molecule has 0 aliphatic heterocycles. The van der Waals surface area contributed by atoms with Gasteiger partial charge in [-0.15, -0.1) is 0 Å². The number of hydrogen-bond donors (Lipinski definition) is 1. The Hall–Kier alpha value is -3.08. The molecule has 2 heterocycles. The van der Waals surface area contributed by atoms with E-state index in [1.807, 2.05) is 24.3 Å². The quantitative estimate of drug-likeness (QED) is 0.752. The van der Waals surface area contributed by atoms with Crippen LogP contribution >= 0.6 is 0 Å². The van der Waals surface area contributed by atoms with E-state index in [1.165, 1.54) is 4.40 Å². The summed E-state index contributed by atoms with van der Waals surface area (Å²) in [7, 11) is 1.58. The smallest absolute Gasteiger partial charge is 0.210 e. The van der Waals surface area contributed by atoms with E-state index in [4.69, 9.17) is 4.74 Å². The number of nitrogens with zero attached hydrogens (tertiary/aromatic N) is 1. The normalized spacial score (nSPS) is 10.7. The first-order chi connectivity index (χ1) is 11.2. The molecule has 0 fully saturated rings. The minimum atomic E-state index is -0.452. The maximum atomic E-state index is 12.6. The van der Waals surface area contributed by atoms with Crippen LogP contribution in [-0.4, -0.2) is 22.9 Å². The molecule has 116 valence electrons. The molecule has 2 aromatic heterocycles. The standard InChI is InChI=1S/C18H15NO4/c1-23-13-6-4-5-12(9-13)10-14-16-7-2-3-8-19(16)18(22)15(11-20)17(14)21/h2-9,11,22H,10H2,1H3. The van der Waals surface area contributed by atoms with Crippen molar-refractivity contribution in [1.82, 2.24) is 4.40 Å². The summed E-state index contributed by atoms with van der Waals surface area (Å²) >= 11 is 0. The third-order valence-corrected chi connectivity index (χ3v) is 3.79. The van der Waals surface area contributed by atoms with E-state index in [2.05, 4.69) is 0 Å². The Morgan fingerprint density at radius 2 is 2.04 bits per heavy atom. The average molecular weight is 309 g/mol. The molecule has 0 amide bonds. The number of carbonyl (C=O) groups excluding carboxylic acids is 1. The molecule has 1 aromatic carbocycles. The number of aromatic nitrogens is 1. The van der Waals surface area contributed by atoms with Crippen LogP contribution in [0.4, 0.5) is 0 Å². The fourth-order valence-electron chi connectivity index (χ4n) is 2.65. The van der Waals surface area contributed by atoms with Gasteiger partial charge in [0.15, 0.2) is 11.7 Å². The Bertz CT molecular complexity index is 943. The fourth-order valence-corrected chi connectivity index (χ4v) is 2.65. The van der Waals surface area contributed by atoms with E-state index >= 15 is 0 Å². The fraction of sp³-hybridized carbons (Fsp3) is 0.111. The van der Waals surface area contributed by atoms with Gasteiger partial charge in [-0.1, -0.05) is 18.2 Å². The first-order valence-electron chi connectivity index (χ1n) is 7.09. The predicted octanol–water partition coefficient (Wildman–Crippen LogP) is 2.42. The molecule has 3 aromatic rings. The van der Waals surface area contributed by atoms with Crippen molar-refractivity contribution in [3.05, 3.63) is 75.6 Å². The molecule has 1 N–H and O–H groups in total. The van der Waals surface area contributed by atoms with Gasteiger partial charge < -0.3 is 9.84 Å². The molecule has 5 heteroatoms. The monoisotopic (exact) mass is 309 g/mol. The number of benzene rings is 1. The Morgan fingerprint density at radius 3 is 2.78 bits per heavy atom. The lowest BCUT2D eigenvalue weighted by atomic mass is 10.0. The van der Waals surface area contributed by atoms with E-state index in [9.17, 15) is 14.7 Å². The summed E-state index contributed by atoms with van der Waals surface area (Å²) in [6.07, 6.45) is 2.35. The van der Waals surface area contributed by atoms with Crippen LogP contribution in [-0.2, 0) is 6.42 Å². The van der Waals surface area contributed by atoms with E-state index in [-0.39, 0.29) is 11.4 Å². The van der Waals surface area contributed by atoms with Crippen LogP contribution in [0.25, 0.3) is 5.52 Å². The Morgan fingerprint density at radius 1 is 1.22 bits per heavy atom. The van der Waals surface area contributed by atoms with Gasteiger partial charge in [-0.2, -0.15) is 0 Å². The highest BCUT2D eigenvalue weighted by Crippen LogP contribution is 2.21. The van der Waals surface area contributed by atoms with E-state index < -0.39 is 5.43 Å². The minimum absolute atomic E-state index is 0.230. The van der Waals surface area contributed by atoms with Crippen molar-refractivity contribution in [3.8, 4) is 11.6 Å². The zero-order valence-electron chi connectivity index (χ0n) is 12.5. The lowest BCUT2D eigenvalue weighted by Gasteiger charge is -2.12. The van der Waals surface area contributed by atoms with Gasteiger partial charge in [0.25, 0.3) is 0 Å². The van der Waals surface area contributed by atoms with Gasteiger partial charge in [-0.25, -0.2) is 0 Å². The number of carbonyl (C=O) groups is 1. The average Bonchev–Trinajstić information content (AvgIpc) is 2.59. The van der Waals surface area contributed by atoms with Crippen LogP contribution in [0.1, 0.15) is 21.5 Å². The van der Waals surface area contributed by atoms with Crippen molar-refractivity contribution in [3.63, 3.8) is 0 Å². The molecule has 0 aliphatic carbocycles. The Balaban J connectivity index is 2.24. The number of rotatable bonds is 4. The number of fused-ring (bicyclic) bond motifs is 1. The van der Waals surface area contributed by atoms with Crippen LogP contribution in [0.2, 0.25) is 0 Å². The molecule has 0 saturated carbocycles. The van der Waals surface area contributed by atoms with Gasteiger partial charge >= 0.3 is 0 Å². The maximum absolute atomic E-state index is 12.6. The second-order valence-electron chi connectivity index (χ2n) is 5.15. The summed E-state index contributed by atoms with van der Waals surface area (Å²) in [6, 6.07) is 12.6. The molecule has 3 rings (SSSR count). The van der Waals surface area contributed by atoms with E-state index in [0.717, 1.165) is 5.56 Å². The second kappa shape index (κ2) is 5.96. The Kier molecular flexibility index (Phi) is 3.85. The van der Waals surface area contributed by atoms with Gasteiger partial charge in [-0.05, 0) is 29.8 Å². The van der Waals surface area contributed by atoms with E-state index in [1.54, 1.807) is 31.5 Å². The highest BCUT2D eigenvalue weighted by atomic mass is 16.5. The molecule has 0 aliphatic rings. The topological polar surface area (TPSA) is 68.0 Å². The van der Waals surface area contributed by atoms with Crippen molar-refractivity contribution >= 4 is 11.8 Å². The zero-order chi connectivity index (χ0) is 16.4. The number of aldehydes is 1. The molecule has 0 bridgehead atoms. The summed E-state index contributed by atoms with van der Waals surface area (Å²) in [6.45, 7) is 0. The third-order valence-electron chi connectivity index (χ3n) is 3.79. The van der Waals surface area contributed by atoms with Crippen molar-refractivity contribution in [1.29, 1.82) is 0 Å². The second-order valence-corrected chi connectivity index (χ2v) is 5.15. The van der Waals surface area contributed by atoms with Crippen LogP contribution in [0, 0.1) is 0 Å². The predicted molar refractivity (Wildman–Crippen MR) is 86.5 cm³/mol. The highest BCUT2D eigenvalue weighted by molar-refractivity contribution is 5.80. The van der Waals surface area contributed by atoms with Gasteiger partial charge in [-0.3, -0.25) is 14.0 Å². The number of pyridine rings is 2. The van der Waals surface area contributed by atoms with Gasteiger partial charge in [0, 0.05) is 18.2 Å². The molecule has 0 spiro atoms. The minimum Gasteiger partial charge on any atom is -0.497 e. The van der Waals surface area contributed by atoms with Crippen LogP contribution in [0.3, 0.4) is 0 Å². The van der Waals surface area contributed by atoms with Gasteiger partial charge in [0.1, 0.15) is 11.3 Å². The maximum Gasteiger partial charge on any atom is 0.210 e. The summed E-state index contributed by atoms with van der Waals surface area (Å²) in [5.41, 5.74) is 1.23. The molecule has 0 radical (unpaired) electrons. The largest absolute Gasteiger partial charge is 0.497 e. The van der Waals surface area contributed by atoms with Gasteiger partial charge in [0.2, 0.25) is 5.88 Å². The summed E-state index contributed by atoms with van der Waals surface area (Å²) in [5, 5.41) is 10.1. The molecule has 0 unspecified atom stereocenters. The molecule has 5 nitrogen and oxygen atoms in total. The number of methoxy groups -OCH3 is 1. The molecule has 23 heavy (non-hydrogen) atoms. The zero-order valence-corrected chi connectivity index (χ0v) is 12.5. The molecule has 0 atom stereocenters. The number of hydrogen-bond acceptors (Lipinski definition) is 4. The number of ether oxygens (including phenoxy) is 1. The lowest BCUT2D eigenvalue weighted by molar-refractivity contribution is 0.111. The Labute approximate surface area is 132 Å². The van der Waals surface area contributed by atoms with Gasteiger partial charge in [0.05, 0.1) is 12.6 Å². The molecular formula is C18H15NO4. The first-order valence-corrected chi connectivity index (χ1v) is 7.09. The van der Waals surface area contributed by atoms with Crippen molar-refractivity contribution < 1.29 is 14.6 Å². The number of aromatic hydroxyl groups is 1. The highest BCUT2D eigenvalue weighted by Gasteiger charge is 2.16. The third kappa shape index (κ3) is 2.57. The first kappa shape index (κ1) is 14.8. The van der Waals surface area contributed by atoms with Crippen molar-refractivity contribution in [2.45, 2.75) is 6.42 Å². The summed E-state index contributed by atoms with van der Waals surface area (Å²) < 4.78 is 6.64. The summed E-state index contributed by atoms with van der Waals surface area (Å²) in [4.78, 5) is 23.8. The van der Waals surface area contributed by atoms with E-state index in [0.29, 0.717) is 29.5 Å².